The molecule has 3 rings (SSSR count). The fourth-order valence-electron chi connectivity index (χ4n) is 2.13. The summed E-state index contributed by atoms with van der Waals surface area (Å²) in [4.78, 5) is 4.80. The molecule has 3 nitrogen and oxygen atoms in total. The van der Waals surface area contributed by atoms with Crippen LogP contribution >= 0.6 is 28.1 Å². The molecule has 0 radical (unpaired) electrons. The number of hydrogen-bond acceptors (Lipinski definition) is 3. The minimum atomic E-state index is 0.360. The predicted octanol–water partition coefficient (Wildman–Crippen LogP) is 4.38. The van der Waals surface area contributed by atoms with E-state index in [1.54, 1.807) is 6.20 Å². The highest BCUT2D eigenvalue weighted by Gasteiger charge is 2.07. The van der Waals surface area contributed by atoms with Gasteiger partial charge in [-0.25, -0.2) is 0 Å². The normalized spacial score (nSPS) is 10.5. The largest absolute Gasteiger partial charge is 0.389 e. The van der Waals surface area contributed by atoms with Crippen LogP contribution in [0.2, 0.25) is 0 Å². The predicted molar refractivity (Wildman–Crippen MR) is 95.1 cm³/mol. The van der Waals surface area contributed by atoms with Gasteiger partial charge in [-0.05, 0) is 30.3 Å². The maximum atomic E-state index is 5.77. The molecule has 1 heterocycles. The van der Waals surface area contributed by atoms with E-state index in [1.807, 2.05) is 48.5 Å². The van der Waals surface area contributed by atoms with E-state index in [1.165, 1.54) is 0 Å². The van der Waals surface area contributed by atoms with Crippen molar-refractivity contribution in [3.63, 3.8) is 0 Å². The Kier molecular flexibility index (Phi) is 3.86. The van der Waals surface area contributed by atoms with E-state index in [0.717, 1.165) is 32.3 Å². The lowest BCUT2D eigenvalue weighted by Gasteiger charge is -2.12. The van der Waals surface area contributed by atoms with Gasteiger partial charge in [-0.15, -0.1) is 0 Å². The van der Waals surface area contributed by atoms with Crippen LogP contribution in [-0.2, 0) is 0 Å². The Labute approximate surface area is 136 Å². The van der Waals surface area contributed by atoms with Crippen LogP contribution in [0.5, 0.6) is 0 Å². The van der Waals surface area contributed by atoms with Crippen molar-refractivity contribution in [2.24, 2.45) is 5.73 Å². The van der Waals surface area contributed by atoms with Crippen molar-refractivity contribution in [1.29, 1.82) is 0 Å². The van der Waals surface area contributed by atoms with Gasteiger partial charge in [-0.2, -0.15) is 0 Å². The van der Waals surface area contributed by atoms with Crippen molar-refractivity contribution in [2.75, 3.05) is 5.32 Å². The molecule has 0 aliphatic carbocycles. The van der Waals surface area contributed by atoms with Crippen LogP contribution in [0.4, 0.5) is 11.4 Å². The lowest BCUT2D eigenvalue weighted by atomic mass is 10.1. The van der Waals surface area contributed by atoms with Crippen molar-refractivity contribution in [3.05, 3.63) is 64.8 Å². The van der Waals surface area contributed by atoms with Crippen molar-refractivity contribution in [3.8, 4) is 0 Å². The fraction of sp³-hybridized carbons (Fsp3) is 0. The van der Waals surface area contributed by atoms with E-state index in [2.05, 4.69) is 26.2 Å². The second kappa shape index (κ2) is 5.79. The van der Waals surface area contributed by atoms with Gasteiger partial charge in [0.15, 0.2) is 0 Å². The molecule has 0 aliphatic heterocycles. The third-order valence-corrected chi connectivity index (χ3v) is 3.83. The molecule has 0 fully saturated rings. The number of thiocarbonyl (C=S) groups is 1. The van der Waals surface area contributed by atoms with Crippen LogP contribution in [0.1, 0.15) is 5.56 Å². The minimum Gasteiger partial charge on any atom is -0.389 e. The van der Waals surface area contributed by atoms with Gasteiger partial charge in [0.05, 0.1) is 17.4 Å². The van der Waals surface area contributed by atoms with Gasteiger partial charge < -0.3 is 11.1 Å². The smallest absolute Gasteiger partial charge is 0.106 e. The van der Waals surface area contributed by atoms with Gasteiger partial charge in [-0.3, -0.25) is 4.98 Å². The van der Waals surface area contributed by atoms with Crippen molar-refractivity contribution >= 4 is 55.4 Å². The molecule has 3 aromatic rings. The highest BCUT2D eigenvalue weighted by molar-refractivity contribution is 9.10. The van der Waals surface area contributed by atoms with E-state index in [4.69, 9.17) is 18.0 Å². The first-order valence-electron chi connectivity index (χ1n) is 6.34. The van der Waals surface area contributed by atoms with Crippen LogP contribution in [-0.4, -0.2) is 9.97 Å². The molecule has 0 atom stereocenters. The van der Waals surface area contributed by atoms with Gasteiger partial charge >= 0.3 is 0 Å². The highest BCUT2D eigenvalue weighted by Crippen LogP contribution is 2.26. The summed E-state index contributed by atoms with van der Waals surface area (Å²) in [5.41, 5.74) is 9.29. The molecular weight excluding hydrogens is 346 g/mol. The van der Waals surface area contributed by atoms with E-state index >= 15 is 0 Å². The minimum absolute atomic E-state index is 0.360. The van der Waals surface area contributed by atoms with Crippen molar-refractivity contribution < 1.29 is 0 Å². The zero-order valence-corrected chi connectivity index (χ0v) is 13.4. The molecule has 0 saturated heterocycles. The molecule has 2 aromatic carbocycles. The molecule has 0 bridgehead atoms. The second-order valence-electron chi connectivity index (χ2n) is 4.60. The molecule has 1 aromatic heterocycles. The number of nitrogens with zero attached hydrogens (tertiary/aromatic N) is 1. The number of halogens is 1. The average Bonchev–Trinajstić information content (AvgIpc) is 2.47. The van der Waals surface area contributed by atoms with Gasteiger partial charge in [0, 0.05) is 21.1 Å². The summed E-state index contributed by atoms with van der Waals surface area (Å²) in [5, 5.41) is 4.40. The molecule has 0 saturated carbocycles. The van der Waals surface area contributed by atoms with E-state index < -0.39 is 0 Å². The summed E-state index contributed by atoms with van der Waals surface area (Å²) in [6, 6.07) is 15.8. The van der Waals surface area contributed by atoms with Gasteiger partial charge in [-0.1, -0.05) is 46.3 Å². The summed E-state index contributed by atoms with van der Waals surface area (Å²) < 4.78 is 0.957. The number of anilines is 2. The van der Waals surface area contributed by atoms with E-state index in [-0.39, 0.29) is 0 Å². The molecule has 0 amide bonds. The Balaban J connectivity index is 2.02. The number of para-hydroxylation sites is 1. The number of nitrogens with two attached hydrogens (primary N) is 1. The third-order valence-electron chi connectivity index (χ3n) is 3.12. The first-order valence-corrected chi connectivity index (χ1v) is 7.55. The van der Waals surface area contributed by atoms with E-state index in [9.17, 15) is 0 Å². The molecule has 3 N–H and O–H groups in total. The van der Waals surface area contributed by atoms with Crippen LogP contribution in [0.15, 0.2) is 59.2 Å². The zero-order chi connectivity index (χ0) is 14.8. The van der Waals surface area contributed by atoms with Gasteiger partial charge in [0.2, 0.25) is 0 Å². The molecule has 21 heavy (non-hydrogen) atoms. The molecule has 0 unspecified atom stereocenters. The quantitative estimate of drug-likeness (QED) is 0.683. The Hall–Kier alpha value is -1.98. The third kappa shape index (κ3) is 3.04. The Morgan fingerprint density at radius 1 is 1.14 bits per heavy atom. The number of hydrogen-bond donors (Lipinski definition) is 2. The lowest BCUT2D eigenvalue weighted by Crippen LogP contribution is -2.11. The zero-order valence-electron chi connectivity index (χ0n) is 11.0. The number of nitrogens with one attached hydrogen (secondary N) is 1. The molecule has 104 valence electrons. The van der Waals surface area contributed by atoms with Crippen LogP contribution in [0.25, 0.3) is 10.9 Å². The summed E-state index contributed by atoms with van der Waals surface area (Å²) in [5.74, 6) is 0. The fourth-order valence-corrected chi connectivity index (χ4v) is 2.67. The lowest BCUT2D eigenvalue weighted by molar-refractivity contribution is 1.39. The Morgan fingerprint density at radius 2 is 1.95 bits per heavy atom. The standard InChI is InChI=1S/C16H12BrN3S/c17-11-5-6-13(16(18)21)15(8-11)20-12-7-10-3-1-2-4-14(10)19-9-12/h1-9,20H,(H2,18,21). The number of aromatic nitrogens is 1. The van der Waals surface area contributed by atoms with E-state index in [0.29, 0.717) is 4.99 Å². The van der Waals surface area contributed by atoms with Crippen molar-refractivity contribution in [1.82, 2.24) is 4.98 Å². The maximum absolute atomic E-state index is 5.77. The number of fused-ring (bicyclic) bond motifs is 1. The maximum Gasteiger partial charge on any atom is 0.106 e. The summed E-state index contributed by atoms with van der Waals surface area (Å²) in [6.45, 7) is 0. The molecule has 0 aliphatic rings. The average molecular weight is 358 g/mol. The highest BCUT2D eigenvalue weighted by atomic mass is 79.9. The molecular formula is C16H12BrN3S. The summed E-state index contributed by atoms with van der Waals surface area (Å²) in [6.07, 6.45) is 1.80. The van der Waals surface area contributed by atoms with Crippen LogP contribution in [0, 0.1) is 0 Å². The number of benzene rings is 2. The van der Waals surface area contributed by atoms with Crippen molar-refractivity contribution in [2.45, 2.75) is 0 Å². The molecule has 5 heteroatoms. The van der Waals surface area contributed by atoms with Gasteiger partial charge in [0.25, 0.3) is 0 Å². The topological polar surface area (TPSA) is 50.9 Å². The number of pyridine rings is 1. The summed E-state index contributed by atoms with van der Waals surface area (Å²) in [7, 11) is 0. The monoisotopic (exact) mass is 357 g/mol. The first-order chi connectivity index (χ1) is 10.1. The second-order valence-corrected chi connectivity index (χ2v) is 5.95. The van der Waals surface area contributed by atoms with Crippen LogP contribution in [0.3, 0.4) is 0 Å². The first kappa shape index (κ1) is 14.0. The van der Waals surface area contributed by atoms with Crippen LogP contribution < -0.4 is 11.1 Å². The van der Waals surface area contributed by atoms with Gasteiger partial charge in [0.1, 0.15) is 4.99 Å². The Morgan fingerprint density at radius 3 is 2.76 bits per heavy atom. The number of rotatable bonds is 3. The summed E-state index contributed by atoms with van der Waals surface area (Å²) >= 11 is 8.55. The molecule has 0 spiro atoms. The Bertz CT molecular complexity index is 833. The SMILES string of the molecule is NC(=S)c1ccc(Br)cc1Nc1cnc2ccccc2c1.